The molecule has 0 aromatic heterocycles. The first-order chi connectivity index (χ1) is 10.6. The van der Waals surface area contributed by atoms with E-state index in [-0.39, 0.29) is 11.9 Å². The molecular weight excluding hydrogens is 314 g/mol. The van der Waals surface area contributed by atoms with Gasteiger partial charge in [0, 0.05) is 11.6 Å². The molecule has 1 saturated heterocycles. The average molecular weight is 331 g/mol. The van der Waals surface area contributed by atoms with Gasteiger partial charge < -0.3 is 4.74 Å². The van der Waals surface area contributed by atoms with Crippen molar-refractivity contribution in [3.8, 4) is 5.75 Å². The zero-order valence-electron chi connectivity index (χ0n) is 12.5. The molecule has 5 heteroatoms. The number of para-hydroxylation sites is 1. The van der Waals surface area contributed by atoms with Crippen LogP contribution in [0.2, 0.25) is 0 Å². The minimum atomic E-state index is 0.00380. The number of hydrogen-bond acceptors (Lipinski definition) is 4. The third-order valence-electron chi connectivity index (χ3n) is 3.83. The van der Waals surface area contributed by atoms with Gasteiger partial charge in [-0.25, -0.2) is 0 Å². The van der Waals surface area contributed by atoms with Crippen molar-refractivity contribution in [1.29, 1.82) is 0 Å². The fraction of sp³-hybridized carbons (Fsp3) is 0.294. The van der Waals surface area contributed by atoms with E-state index in [9.17, 15) is 4.79 Å². The summed E-state index contributed by atoms with van der Waals surface area (Å²) in [5.41, 5.74) is 2.03. The van der Waals surface area contributed by atoms with Gasteiger partial charge >= 0.3 is 0 Å². The molecule has 1 fully saturated rings. The van der Waals surface area contributed by atoms with Gasteiger partial charge in [0.1, 0.15) is 16.7 Å². The van der Waals surface area contributed by atoms with Crippen molar-refractivity contribution in [1.82, 2.24) is 4.90 Å². The first kappa shape index (κ1) is 15.3. The van der Waals surface area contributed by atoms with Crippen LogP contribution in [-0.4, -0.2) is 27.8 Å². The lowest BCUT2D eigenvalue weighted by molar-refractivity contribution is -0.123. The van der Waals surface area contributed by atoms with Crippen LogP contribution in [0.5, 0.6) is 5.75 Å². The SMILES string of the molecule is CCC(C)N1C(=O)C(=CC2=Cc3ccccc3OC2)SC1=S. The Morgan fingerprint density at radius 3 is 3.00 bits per heavy atom. The molecule has 1 amide bonds. The molecular formula is C17H17NO2S2. The van der Waals surface area contributed by atoms with Gasteiger partial charge in [-0.15, -0.1) is 0 Å². The van der Waals surface area contributed by atoms with Crippen LogP contribution < -0.4 is 4.74 Å². The third-order valence-corrected chi connectivity index (χ3v) is 5.16. The van der Waals surface area contributed by atoms with Crippen molar-refractivity contribution in [3.63, 3.8) is 0 Å². The molecule has 114 valence electrons. The molecule has 3 nitrogen and oxygen atoms in total. The fourth-order valence-electron chi connectivity index (χ4n) is 2.43. The van der Waals surface area contributed by atoms with E-state index in [1.165, 1.54) is 11.8 Å². The number of hydrogen-bond donors (Lipinski definition) is 0. The van der Waals surface area contributed by atoms with Crippen LogP contribution >= 0.6 is 24.0 Å². The predicted molar refractivity (Wildman–Crippen MR) is 94.8 cm³/mol. The van der Waals surface area contributed by atoms with E-state index >= 15 is 0 Å². The van der Waals surface area contributed by atoms with Gasteiger partial charge in [0.2, 0.25) is 0 Å². The molecule has 2 heterocycles. The van der Waals surface area contributed by atoms with Gasteiger partial charge in [-0.1, -0.05) is 49.1 Å². The second kappa shape index (κ2) is 6.26. The minimum Gasteiger partial charge on any atom is -0.488 e. The number of benzene rings is 1. The summed E-state index contributed by atoms with van der Waals surface area (Å²) in [5.74, 6) is 0.885. The highest BCUT2D eigenvalue weighted by atomic mass is 32.2. The van der Waals surface area contributed by atoms with Crippen LogP contribution in [0.1, 0.15) is 25.8 Å². The Kier molecular flexibility index (Phi) is 4.36. The number of fused-ring (bicyclic) bond motifs is 1. The molecule has 0 bridgehead atoms. The molecule has 0 radical (unpaired) electrons. The van der Waals surface area contributed by atoms with Crippen molar-refractivity contribution in [2.24, 2.45) is 0 Å². The molecule has 2 aliphatic heterocycles. The van der Waals surface area contributed by atoms with E-state index in [4.69, 9.17) is 17.0 Å². The lowest BCUT2D eigenvalue weighted by atomic mass is 10.1. The van der Waals surface area contributed by atoms with Gasteiger partial charge in [0.15, 0.2) is 0 Å². The topological polar surface area (TPSA) is 29.5 Å². The van der Waals surface area contributed by atoms with Crippen LogP contribution in [0.3, 0.4) is 0 Å². The van der Waals surface area contributed by atoms with Crippen molar-refractivity contribution in [2.45, 2.75) is 26.3 Å². The van der Waals surface area contributed by atoms with Crippen LogP contribution in [0.25, 0.3) is 6.08 Å². The van der Waals surface area contributed by atoms with Gasteiger partial charge in [0.05, 0.1) is 4.91 Å². The molecule has 2 aliphatic rings. The standard InChI is InChI=1S/C17H17NO2S2/c1-3-11(2)18-16(19)15(22-17(18)21)9-12-8-13-6-4-5-7-14(13)20-10-12/h4-9,11H,3,10H2,1-2H3. The van der Waals surface area contributed by atoms with Crippen LogP contribution in [-0.2, 0) is 4.79 Å². The number of rotatable bonds is 3. The normalized spacial score (nSPS) is 20.7. The van der Waals surface area contributed by atoms with E-state index in [1.54, 1.807) is 4.90 Å². The Morgan fingerprint density at radius 2 is 2.23 bits per heavy atom. The molecule has 1 aromatic carbocycles. The molecule has 1 atom stereocenters. The van der Waals surface area contributed by atoms with Crippen LogP contribution in [0.15, 0.2) is 40.8 Å². The maximum absolute atomic E-state index is 12.5. The quantitative estimate of drug-likeness (QED) is 0.618. The van der Waals surface area contributed by atoms with Gasteiger partial charge in [-0.05, 0) is 37.1 Å². The number of carbonyl (C=O) groups excluding carboxylic acids is 1. The maximum Gasteiger partial charge on any atom is 0.266 e. The van der Waals surface area contributed by atoms with Crippen LogP contribution in [0, 0.1) is 0 Å². The minimum absolute atomic E-state index is 0.00380. The van der Waals surface area contributed by atoms with E-state index in [2.05, 4.69) is 13.0 Å². The van der Waals surface area contributed by atoms with Crippen molar-refractivity contribution in [2.75, 3.05) is 6.61 Å². The largest absolute Gasteiger partial charge is 0.488 e. The van der Waals surface area contributed by atoms with E-state index < -0.39 is 0 Å². The molecule has 22 heavy (non-hydrogen) atoms. The Labute approximate surface area is 140 Å². The number of thiocarbonyl (C=S) groups is 1. The number of ether oxygens (including phenoxy) is 1. The Balaban J connectivity index is 1.87. The average Bonchev–Trinajstić information content (AvgIpc) is 2.80. The summed E-state index contributed by atoms with van der Waals surface area (Å²) in [7, 11) is 0. The van der Waals surface area contributed by atoms with Gasteiger partial charge in [-0.3, -0.25) is 9.69 Å². The summed E-state index contributed by atoms with van der Waals surface area (Å²) in [5, 5.41) is 0. The maximum atomic E-state index is 12.5. The molecule has 0 N–H and O–H groups in total. The second-order valence-electron chi connectivity index (χ2n) is 5.35. The second-order valence-corrected chi connectivity index (χ2v) is 7.03. The zero-order chi connectivity index (χ0) is 15.7. The molecule has 3 rings (SSSR count). The number of thioether (sulfide) groups is 1. The molecule has 1 unspecified atom stereocenters. The molecule has 0 saturated carbocycles. The summed E-state index contributed by atoms with van der Waals surface area (Å²) >= 11 is 6.72. The highest BCUT2D eigenvalue weighted by molar-refractivity contribution is 8.26. The highest BCUT2D eigenvalue weighted by Crippen LogP contribution is 2.35. The van der Waals surface area contributed by atoms with Crippen LogP contribution in [0.4, 0.5) is 0 Å². The Bertz CT molecular complexity index is 694. The summed E-state index contributed by atoms with van der Waals surface area (Å²) in [6.45, 7) is 4.55. The predicted octanol–water partition coefficient (Wildman–Crippen LogP) is 4.01. The Morgan fingerprint density at radius 1 is 1.45 bits per heavy atom. The summed E-state index contributed by atoms with van der Waals surface area (Å²) in [6, 6.07) is 8.02. The van der Waals surface area contributed by atoms with Crippen molar-refractivity contribution in [3.05, 3.63) is 46.4 Å². The first-order valence-electron chi connectivity index (χ1n) is 7.29. The van der Waals surface area contributed by atoms with E-state index in [0.717, 1.165) is 23.3 Å². The summed E-state index contributed by atoms with van der Waals surface area (Å²) in [4.78, 5) is 14.9. The monoisotopic (exact) mass is 331 g/mol. The number of amides is 1. The number of carbonyl (C=O) groups is 1. The van der Waals surface area contributed by atoms with E-state index in [1.807, 2.05) is 37.3 Å². The fourth-order valence-corrected chi connectivity index (χ4v) is 3.91. The molecule has 0 spiro atoms. The van der Waals surface area contributed by atoms with Crippen molar-refractivity contribution < 1.29 is 9.53 Å². The Hall–Kier alpha value is -1.59. The zero-order valence-corrected chi connectivity index (χ0v) is 14.2. The van der Waals surface area contributed by atoms with Gasteiger partial charge in [0.25, 0.3) is 5.91 Å². The van der Waals surface area contributed by atoms with Gasteiger partial charge in [-0.2, -0.15) is 0 Å². The van der Waals surface area contributed by atoms with E-state index in [0.29, 0.717) is 15.8 Å². The summed E-state index contributed by atoms with van der Waals surface area (Å²) in [6.07, 6.45) is 4.85. The number of nitrogens with zero attached hydrogens (tertiary/aromatic N) is 1. The first-order valence-corrected chi connectivity index (χ1v) is 8.52. The van der Waals surface area contributed by atoms with Crippen molar-refractivity contribution >= 4 is 40.3 Å². The third kappa shape index (κ3) is 2.83. The molecule has 0 aliphatic carbocycles. The smallest absolute Gasteiger partial charge is 0.266 e. The molecule has 1 aromatic rings. The summed E-state index contributed by atoms with van der Waals surface area (Å²) < 4.78 is 6.37. The lowest BCUT2D eigenvalue weighted by Gasteiger charge is -2.21. The lowest BCUT2D eigenvalue weighted by Crippen LogP contribution is -2.36. The highest BCUT2D eigenvalue weighted by Gasteiger charge is 2.34.